The van der Waals surface area contributed by atoms with Crippen molar-refractivity contribution in [3.8, 4) is 0 Å². The van der Waals surface area contributed by atoms with Gasteiger partial charge in [-0.15, -0.1) is 11.3 Å². The quantitative estimate of drug-likeness (QED) is 0.788. The third-order valence-electron chi connectivity index (χ3n) is 3.41. The van der Waals surface area contributed by atoms with Crippen molar-refractivity contribution in [1.82, 2.24) is 19.9 Å². The van der Waals surface area contributed by atoms with Crippen LogP contribution in [-0.2, 0) is 12.7 Å². The Labute approximate surface area is 133 Å². The van der Waals surface area contributed by atoms with Crippen LogP contribution in [0.1, 0.15) is 21.8 Å². The number of rotatable bonds is 3. The SMILES string of the molecule is Cc1sc2ncnc(NCc3ncc(C(F)(F)F)cn3)c2c1C. The molecule has 0 unspecified atom stereocenters. The van der Waals surface area contributed by atoms with Gasteiger partial charge in [-0.1, -0.05) is 0 Å². The Balaban J connectivity index is 1.81. The molecule has 0 aliphatic rings. The molecule has 3 aromatic heterocycles. The third kappa shape index (κ3) is 3.09. The fraction of sp³-hybridized carbons (Fsp3) is 0.286. The lowest BCUT2D eigenvalue weighted by molar-refractivity contribution is -0.138. The smallest absolute Gasteiger partial charge is 0.362 e. The van der Waals surface area contributed by atoms with Crippen LogP contribution in [0.5, 0.6) is 0 Å². The van der Waals surface area contributed by atoms with Crippen LogP contribution < -0.4 is 5.32 Å². The number of alkyl halides is 3. The minimum Gasteiger partial charge on any atom is -0.362 e. The molecule has 0 bridgehead atoms. The number of hydrogen-bond donors (Lipinski definition) is 1. The summed E-state index contributed by atoms with van der Waals surface area (Å²) >= 11 is 1.57. The summed E-state index contributed by atoms with van der Waals surface area (Å²) in [5.74, 6) is 0.884. The first-order chi connectivity index (χ1) is 10.9. The fourth-order valence-corrected chi connectivity index (χ4v) is 3.07. The zero-order valence-corrected chi connectivity index (χ0v) is 13.1. The van der Waals surface area contributed by atoms with Gasteiger partial charge in [-0.2, -0.15) is 13.2 Å². The highest BCUT2D eigenvalue weighted by Gasteiger charge is 2.31. The Morgan fingerprint density at radius 2 is 1.78 bits per heavy atom. The molecule has 5 nitrogen and oxygen atoms in total. The monoisotopic (exact) mass is 339 g/mol. The van der Waals surface area contributed by atoms with E-state index in [4.69, 9.17) is 0 Å². The summed E-state index contributed by atoms with van der Waals surface area (Å²) in [6.45, 7) is 4.17. The van der Waals surface area contributed by atoms with E-state index in [2.05, 4.69) is 25.3 Å². The number of hydrogen-bond acceptors (Lipinski definition) is 6. The number of nitrogens with one attached hydrogen (secondary N) is 1. The van der Waals surface area contributed by atoms with Gasteiger partial charge in [0.2, 0.25) is 0 Å². The summed E-state index contributed by atoms with van der Waals surface area (Å²) in [7, 11) is 0. The average Bonchev–Trinajstić information content (AvgIpc) is 2.80. The van der Waals surface area contributed by atoms with E-state index in [1.165, 1.54) is 6.33 Å². The minimum atomic E-state index is -4.43. The van der Waals surface area contributed by atoms with Crippen molar-refractivity contribution in [2.45, 2.75) is 26.6 Å². The minimum absolute atomic E-state index is 0.179. The topological polar surface area (TPSA) is 63.6 Å². The van der Waals surface area contributed by atoms with E-state index in [-0.39, 0.29) is 12.4 Å². The number of aryl methyl sites for hydroxylation is 2. The molecule has 0 saturated carbocycles. The number of thiophene rings is 1. The maximum Gasteiger partial charge on any atom is 0.419 e. The number of aromatic nitrogens is 4. The molecule has 3 aromatic rings. The summed E-state index contributed by atoms with van der Waals surface area (Å²) < 4.78 is 37.4. The Morgan fingerprint density at radius 3 is 2.43 bits per heavy atom. The molecule has 0 spiro atoms. The predicted molar refractivity (Wildman–Crippen MR) is 81.2 cm³/mol. The van der Waals surface area contributed by atoms with Crippen molar-refractivity contribution in [2.24, 2.45) is 0 Å². The molecule has 1 N–H and O–H groups in total. The van der Waals surface area contributed by atoms with Crippen LogP contribution in [0.2, 0.25) is 0 Å². The molecular formula is C14H12F3N5S. The molecule has 3 heterocycles. The molecule has 0 radical (unpaired) electrons. The van der Waals surface area contributed by atoms with Gasteiger partial charge in [-0.3, -0.25) is 0 Å². The van der Waals surface area contributed by atoms with Crippen LogP contribution in [0.25, 0.3) is 10.2 Å². The Kier molecular flexibility index (Phi) is 3.88. The Morgan fingerprint density at radius 1 is 1.09 bits per heavy atom. The molecular weight excluding hydrogens is 327 g/mol. The van der Waals surface area contributed by atoms with E-state index in [0.29, 0.717) is 5.82 Å². The molecule has 0 aromatic carbocycles. The van der Waals surface area contributed by atoms with Crippen molar-refractivity contribution in [3.05, 3.63) is 40.5 Å². The number of fused-ring (bicyclic) bond motifs is 1. The van der Waals surface area contributed by atoms with Gasteiger partial charge < -0.3 is 5.32 Å². The average molecular weight is 339 g/mol. The van der Waals surface area contributed by atoms with Crippen LogP contribution in [0.3, 0.4) is 0 Å². The molecule has 9 heteroatoms. The summed E-state index contributed by atoms with van der Waals surface area (Å²) in [5, 5.41) is 3.98. The van der Waals surface area contributed by atoms with Gasteiger partial charge in [-0.05, 0) is 19.4 Å². The summed E-state index contributed by atoms with van der Waals surface area (Å²) in [6, 6.07) is 0. The van der Waals surface area contributed by atoms with Crippen LogP contribution in [0, 0.1) is 13.8 Å². The van der Waals surface area contributed by atoms with Crippen molar-refractivity contribution in [2.75, 3.05) is 5.32 Å². The second kappa shape index (κ2) is 5.73. The molecule has 0 aliphatic heterocycles. The van der Waals surface area contributed by atoms with Crippen molar-refractivity contribution < 1.29 is 13.2 Å². The number of anilines is 1. The lowest BCUT2D eigenvalue weighted by Crippen LogP contribution is -2.10. The molecule has 0 saturated heterocycles. The highest BCUT2D eigenvalue weighted by Crippen LogP contribution is 2.32. The second-order valence-corrected chi connectivity index (χ2v) is 6.13. The second-order valence-electron chi connectivity index (χ2n) is 4.92. The first-order valence-electron chi connectivity index (χ1n) is 6.69. The first kappa shape index (κ1) is 15.6. The van der Waals surface area contributed by atoms with E-state index in [0.717, 1.165) is 33.1 Å². The maximum absolute atomic E-state index is 12.5. The molecule has 0 fully saturated rings. The zero-order valence-electron chi connectivity index (χ0n) is 12.3. The van der Waals surface area contributed by atoms with Crippen LogP contribution in [-0.4, -0.2) is 19.9 Å². The van der Waals surface area contributed by atoms with Gasteiger partial charge in [-0.25, -0.2) is 19.9 Å². The summed E-state index contributed by atoms with van der Waals surface area (Å²) in [4.78, 5) is 17.9. The lowest BCUT2D eigenvalue weighted by atomic mass is 10.2. The predicted octanol–water partition coefficient (Wildman–Crippen LogP) is 3.73. The molecule has 23 heavy (non-hydrogen) atoms. The molecule has 0 aliphatic carbocycles. The largest absolute Gasteiger partial charge is 0.419 e. The van der Waals surface area contributed by atoms with Gasteiger partial charge in [0, 0.05) is 17.3 Å². The highest BCUT2D eigenvalue weighted by atomic mass is 32.1. The van der Waals surface area contributed by atoms with Crippen molar-refractivity contribution >= 4 is 27.4 Å². The van der Waals surface area contributed by atoms with E-state index in [1.807, 2.05) is 13.8 Å². The molecule has 120 valence electrons. The number of nitrogens with zero attached hydrogens (tertiary/aromatic N) is 4. The van der Waals surface area contributed by atoms with E-state index >= 15 is 0 Å². The van der Waals surface area contributed by atoms with E-state index < -0.39 is 11.7 Å². The molecule has 0 atom stereocenters. The fourth-order valence-electron chi connectivity index (χ4n) is 2.07. The Bertz CT molecular complexity index is 842. The van der Waals surface area contributed by atoms with Gasteiger partial charge in [0.1, 0.15) is 22.8 Å². The highest BCUT2D eigenvalue weighted by molar-refractivity contribution is 7.18. The van der Waals surface area contributed by atoms with Crippen LogP contribution in [0.15, 0.2) is 18.7 Å². The normalized spacial score (nSPS) is 11.9. The molecule has 3 rings (SSSR count). The van der Waals surface area contributed by atoms with Gasteiger partial charge in [0.25, 0.3) is 0 Å². The van der Waals surface area contributed by atoms with Crippen LogP contribution in [0.4, 0.5) is 19.0 Å². The van der Waals surface area contributed by atoms with Gasteiger partial charge in [0.05, 0.1) is 17.5 Å². The molecule has 0 amide bonds. The standard InChI is InChI=1S/C14H12F3N5S/c1-7-8(2)23-13-11(7)12(21-6-22-13)20-5-10-18-3-9(4-19-10)14(15,16)17/h3-4,6H,5H2,1-2H3,(H,20,21,22). The zero-order chi connectivity index (χ0) is 16.6. The van der Waals surface area contributed by atoms with Crippen LogP contribution >= 0.6 is 11.3 Å². The van der Waals surface area contributed by atoms with Crippen molar-refractivity contribution in [1.29, 1.82) is 0 Å². The Hall–Kier alpha value is -2.29. The number of halogens is 3. The third-order valence-corrected chi connectivity index (χ3v) is 4.53. The lowest BCUT2D eigenvalue weighted by Gasteiger charge is -2.08. The van der Waals surface area contributed by atoms with E-state index in [1.54, 1.807) is 11.3 Å². The summed E-state index contributed by atoms with van der Waals surface area (Å²) in [6.07, 6.45) is -1.43. The summed E-state index contributed by atoms with van der Waals surface area (Å²) in [5.41, 5.74) is 0.219. The van der Waals surface area contributed by atoms with E-state index in [9.17, 15) is 13.2 Å². The van der Waals surface area contributed by atoms with Crippen molar-refractivity contribution in [3.63, 3.8) is 0 Å². The maximum atomic E-state index is 12.5. The van der Waals surface area contributed by atoms with Gasteiger partial charge in [0.15, 0.2) is 0 Å². The first-order valence-corrected chi connectivity index (χ1v) is 7.50. The van der Waals surface area contributed by atoms with Gasteiger partial charge >= 0.3 is 6.18 Å².